The number of rotatable bonds is 2. The van der Waals surface area contributed by atoms with Gasteiger partial charge in [-0.1, -0.05) is 42.3 Å². The van der Waals surface area contributed by atoms with E-state index in [9.17, 15) is 13.2 Å². The van der Waals surface area contributed by atoms with Crippen LogP contribution >= 0.6 is 11.6 Å². The molecule has 0 saturated heterocycles. The van der Waals surface area contributed by atoms with Crippen molar-refractivity contribution >= 4 is 11.6 Å². The lowest BCUT2D eigenvalue weighted by molar-refractivity contribution is -0.144. The summed E-state index contributed by atoms with van der Waals surface area (Å²) in [7, 11) is 0. The summed E-state index contributed by atoms with van der Waals surface area (Å²) in [5.41, 5.74) is 2.01. The van der Waals surface area contributed by atoms with Gasteiger partial charge < -0.3 is 0 Å². The van der Waals surface area contributed by atoms with Crippen LogP contribution in [0.1, 0.15) is 36.6 Å². The van der Waals surface area contributed by atoms with Crippen LogP contribution in [-0.4, -0.2) is 9.97 Å². The highest BCUT2D eigenvalue weighted by Gasteiger charge is 2.35. The molecule has 1 fully saturated rings. The molecule has 2 aromatic rings. The Hall–Kier alpha value is -1.62. The van der Waals surface area contributed by atoms with Gasteiger partial charge in [-0.25, -0.2) is 9.97 Å². The van der Waals surface area contributed by atoms with Gasteiger partial charge in [-0.3, -0.25) is 0 Å². The highest BCUT2D eigenvalue weighted by atomic mass is 35.5. The van der Waals surface area contributed by atoms with Gasteiger partial charge in [0.15, 0.2) is 0 Å². The number of hydrogen-bond donors (Lipinski definition) is 0. The maximum Gasteiger partial charge on any atom is 0.451 e. The van der Waals surface area contributed by atoms with E-state index in [2.05, 4.69) is 9.97 Å². The van der Waals surface area contributed by atoms with Gasteiger partial charge in [0.1, 0.15) is 5.15 Å². The number of nitrogens with zero attached hydrogens (tertiary/aromatic N) is 2. The van der Waals surface area contributed by atoms with Crippen LogP contribution in [0.2, 0.25) is 5.15 Å². The summed E-state index contributed by atoms with van der Waals surface area (Å²) in [5.74, 6) is -0.633. The van der Waals surface area contributed by atoms with Crippen LogP contribution in [0.3, 0.4) is 0 Å². The van der Waals surface area contributed by atoms with Crippen LogP contribution in [0, 0.1) is 0 Å². The molecule has 2 nitrogen and oxygen atoms in total. The molecular weight excluding hydrogens is 301 g/mol. The Morgan fingerprint density at radius 2 is 1.71 bits per heavy atom. The first-order chi connectivity index (χ1) is 9.93. The number of alkyl halides is 3. The highest BCUT2D eigenvalue weighted by molar-refractivity contribution is 6.29. The molecule has 1 aromatic carbocycles. The normalized spacial score (nSPS) is 15.8. The Labute approximate surface area is 125 Å². The fraction of sp³-hybridized carbons (Fsp3) is 0.333. The number of halogens is 4. The number of hydrogen-bond acceptors (Lipinski definition) is 2. The molecule has 1 heterocycles. The van der Waals surface area contributed by atoms with Crippen molar-refractivity contribution < 1.29 is 13.2 Å². The fourth-order valence-corrected chi connectivity index (χ4v) is 2.54. The minimum absolute atomic E-state index is 0.183. The topological polar surface area (TPSA) is 25.8 Å². The third-order valence-corrected chi connectivity index (χ3v) is 3.93. The number of aromatic nitrogens is 2. The molecule has 6 heteroatoms. The average molecular weight is 313 g/mol. The summed E-state index contributed by atoms with van der Waals surface area (Å²) in [6, 6.07) is 8.80. The van der Waals surface area contributed by atoms with Gasteiger partial charge in [0.05, 0.1) is 5.69 Å². The molecule has 1 saturated carbocycles. The Bertz CT molecular complexity index is 649. The van der Waals surface area contributed by atoms with Crippen molar-refractivity contribution in [3.63, 3.8) is 0 Å². The first kappa shape index (κ1) is 14.3. The molecule has 21 heavy (non-hydrogen) atoms. The van der Waals surface area contributed by atoms with Crippen molar-refractivity contribution in [3.8, 4) is 11.3 Å². The van der Waals surface area contributed by atoms with Gasteiger partial charge in [0.25, 0.3) is 0 Å². The third-order valence-electron chi connectivity index (χ3n) is 3.73. The molecule has 0 spiro atoms. The molecule has 0 bridgehead atoms. The van der Waals surface area contributed by atoms with Crippen LogP contribution in [0.15, 0.2) is 30.3 Å². The van der Waals surface area contributed by atoms with E-state index in [0.29, 0.717) is 11.5 Å². The van der Waals surface area contributed by atoms with Gasteiger partial charge in [-0.05, 0) is 24.3 Å². The van der Waals surface area contributed by atoms with Gasteiger partial charge in [-0.15, -0.1) is 0 Å². The van der Waals surface area contributed by atoms with E-state index < -0.39 is 12.0 Å². The molecule has 1 aliphatic carbocycles. The Morgan fingerprint density at radius 1 is 1.05 bits per heavy atom. The van der Waals surface area contributed by atoms with Crippen LogP contribution in [0.5, 0.6) is 0 Å². The Kier molecular flexibility index (Phi) is 3.61. The van der Waals surface area contributed by atoms with E-state index in [1.54, 1.807) is 12.1 Å². The van der Waals surface area contributed by atoms with Crippen molar-refractivity contribution in [2.24, 2.45) is 0 Å². The quantitative estimate of drug-likeness (QED) is 0.722. The Balaban J connectivity index is 1.94. The van der Waals surface area contributed by atoms with Crippen LogP contribution in [0.25, 0.3) is 11.3 Å². The first-order valence-electron chi connectivity index (χ1n) is 6.65. The van der Waals surface area contributed by atoms with Crippen molar-refractivity contribution in [2.45, 2.75) is 31.4 Å². The van der Waals surface area contributed by atoms with Gasteiger partial charge >= 0.3 is 6.18 Å². The third kappa shape index (κ3) is 3.02. The van der Waals surface area contributed by atoms with Crippen LogP contribution < -0.4 is 0 Å². The first-order valence-corrected chi connectivity index (χ1v) is 7.03. The lowest BCUT2D eigenvalue weighted by Crippen LogP contribution is -2.11. The summed E-state index contributed by atoms with van der Waals surface area (Å²) in [6.07, 6.45) is -1.01. The maximum absolute atomic E-state index is 12.7. The zero-order chi connectivity index (χ0) is 15.0. The zero-order valence-electron chi connectivity index (χ0n) is 11.0. The molecule has 0 N–H and O–H groups in total. The standard InChI is InChI=1S/C15H12ClF3N2/c16-13-8-12(20-14(21-13)15(17,18)19)11-6-4-10(5-7-11)9-2-1-3-9/h4-9H,1-3H2. The monoisotopic (exact) mass is 312 g/mol. The molecule has 0 radical (unpaired) electrons. The lowest BCUT2D eigenvalue weighted by Gasteiger charge is -2.25. The van der Waals surface area contributed by atoms with Crippen LogP contribution in [-0.2, 0) is 6.18 Å². The van der Waals surface area contributed by atoms with Crippen molar-refractivity contribution in [3.05, 3.63) is 46.9 Å². The molecule has 110 valence electrons. The molecule has 1 aliphatic rings. The second-order valence-electron chi connectivity index (χ2n) is 5.15. The molecule has 0 unspecified atom stereocenters. The van der Waals surface area contributed by atoms with E-state index in [0.717, 1.165) is 0 Å². The second kappa shape index (κ2) is 5.30. The average Bonchev–Trinajstić information content (AvgIpc) is 2.36. The van der Waals surface area contributed by atoms with E-state index >= 15 is 0 Å². The molecule has 0 amide bonds. The summed E-state index contributed by atoms with van der Waals surface area (Å²) < 4.78 is 38.1. The van der Waals surface area contributed by atoms with Crippen LogP contribution in [0.4, 0.5) is 13.2 Å². The van der Waals surface area contributed by atoms with Crippen molar-refractivity contribution in [2.75, 3.05) is 0 Å². The smallest absolute Gasteiger partial charge is 0.224 e. The number of benzene rings is 1. The fourth-order valence-electron chi connectivity index (χ4n) is 2.36. The van der Waals surface area contributed by atoms with Gasteiger partial charge in [-0.2, -0.15) is 13.2 Å². The zero-order valence-corrected chi connectivity index (χ0v) is 11.7. The van der Waals surface area contributed by atoms with Crippen molar-refractivity contribution in [1.29, 1.82) is 0 Å². The summed E-state index contributed by atoms with van der Waals surface area (Å²) >= 11 is 5.67. The van der Waals surface area contributed by atoms with E-state index in [4.69, 9.17) is 11.6 Å². The van der Waals surface area contributed by atoms with E-state index in [1.807, 2.05) is 12.1 Å². The summed E-state index contributed by atoms with van der Waals surface area (Å²) in [6.45, 7) is 0. The van der Waals surface area contributed by atoms with Gasteiger partial charge in [0, 0.05) is 11.6 Å². The largest absolute Gasteiger partial charge is 0.451 e. The molecule has 3 rings (SSSR count). The second-order valence-corrected chi connectivity index (χ2v) is 5.53. The lowest BCUT2D eigenvalue weighted by atomic mass is 9.80. The highest BCUT2D eigenvalue weighted by Crippen LogP contribution is 2.37. The predicted octanol–water partition coefficient (Wildman–Crippen LogP) is 5.08. The SMILES string of the molecule is FC(F)(F)c1nc(Cl)cc(-c2ccc(C3CCC3)cc2)n1. The minimum Gasteiger partial charge on any atom is -0.224 e. The predicted molar refractivity (Wildman–Crippen MR) is 74.1 cm³/mol. The van der Waals surface area contributed by atoms with E-state index in [1.165, 1.54) is 30.9 Å². The van der Waals surface area contributed by atoms with E-state index in [-0.39, 0.29) is 10.8 Å². The van der Waals surface area contributed by atoms with Gasteiger partial charge in [0.2, 0.25) is 5.82 Å². The summed E-state index contributed by atoms with van der Waals surface area (Å²) in [4.78, 5) is 6.79. The maximum atomic E-state index is 12.7. The molecule has 0 aliphatic heterocycles. The molecule has 0 atom stereocenters. The van der Waals surface area contributed by atoms with Crippen molar-refractivity contribution in [1.82, 2.24) is 9.97 Å². The molecular formula is C15H12ClF3N2. The minimum atomic E-state index is -4.61. The Morgan fingerprint density at radius 3 is 2.24 bits per heavy atom. The summed E-state index contributed by atoms with van der Waals surface area (Å²) in [5, 5.41) is -0.213. The molecule has 1 aromatic heterocycles.